The molecule has 0 amide bonds. The molecule has 0 aliphatic heterocycles. The van der Waals surface area contributed by atoms with Crippen LogP contribution in [-0.2, 0) is 0 Å². The van der Waals surface area contributed by atoms with E-state index in [9.17, 15) is 9.18 Å². The molecule has 0 N–H and O–H groups in total. The largest absolute Gasteiger partial charge is 0.372 e. The van der Waals surface area contributed by atoms with Crippen molar-refractivity contribution in [2.75, 3.05) is 18.5 Å². The van der Waals surface area contributed by atoms with Crippen LogP contribution in [0.15, 0.2) is 18.2 Å². The molecule has 2 rings (SSSR count). The first-order valence-electron chi connectivity index (χ1n) is 6.16. The smallest absolute Gasteiger partial charge is 0.150 e. The molecule has 92 valence electrons. The molecule has 0 aromatic heterocycles. The number of nitrogens with zero attached hydrogens (tertiary/aromatic N) is 1. The predicted octanol–water partition coefficient (Wildman–Crippen LogP) is 3.26. The number of benzene rings is 1. The van der Waals surface area contributed by atoms with E-state index in [1.807, 2.05) is 11.9 Å². The van der Waals surface area contributed by atoms with Crippen LogP contribution in [0.1, 0.15) is 36.0 Å². The number of hydrogen-bond acceptors (Lipinski definition) is 2. The molecular weight excluding hydrogens is 217 g/mol. The van der Waals surface area contributed by atoms with E-state index in [4.69, 9.17) is 0 Å². The lowest BCUT2D eigenvalue weighted by Crippen LogP contribution is -2.24. The number of hydrogen-bond donors (Lipinski definition) is 0. The molecule has 0 unspecified atom stereocenters. The third-order valence-electron chi connectivity index (χ3n) is 3.53. The summed E-state index contributed by atoms with van der Waals surface area (Å²) in [6.45, 7) is 0.900. The Morgan fingerprint density at radius 3 is 2.71 bits per heavy atom. The van der Waals surface area contributed by atoms with Gasteiger partial charge in [-0.25, -0.2) is 4.39 Å². The first-order chi connectivity index (χ1) is 8.20. The fourth-order valence-corrected chi connectivity index (χ4v) is 2.58. The van der Waals surface area contributed by atoms with Crippen molar-refractivity contribution in [1.82, 2.24) is 0 Å². The average molecular weight is 235 g/mol. The third-order valence-corrected chi connectivity index (χ3v) is 3.53. The van der Waals surface area contributed by atoms with Crippen molar-refractivity contribution in [2.24, 2.45) is 5.92 Å². The van der Waals surface area contributed by atoms with E-state index >= 15 is 0 Å². The summed E-state index contributed by atoms with van der Waals surface area (Å²) in [5.74, 6) is 0.375. The Hall–Kier alpha value is -1.38. The number of carbonyl (C=O) groups excluding carboxylic acids is 1. The number of rotatable bonds is 4. The molecule has 1 aliphatic carbocycles. The Bertz CT molecular complexity index is 399. The fraction of sp³-hybridized carbons (Fsp3) is 0.500. The second kappa shape index (κ2) is 5.30. The van der Waals surface area contributed by atoms with Crippen molar-refractivity contribution >= 4 is 12.0 Å². The Labute approximate surface area is 101 Å². The summed E-state index contributed by atoms with van der Waals surface area (Å²) in [5, 5.41) is 0. The van der Waals surface area contributed by atoms with Gasteiger partial charge < -0.3 is 4.90 Å². The molecular formula is C14H18FNO. The van der Waals surface area contributed by atoms with Crippen molar-refractivity contribution in [2.45, 2.75) is 25.7 Å². The zero-order chi connectivity index (χ0) is 12.3. The number of anilines is 1. The zero-order valence-corrected chi connectivity index (χ0v) is 10.2. The molecule has 1 aromatic carbocycles. The van der Waals surface area contributed by atoms with Gasteiger partial charge in [-0.05, 0) is 37.0 Å². The molecule has 0 atom stereocenters. The SMILES string of the molecule is CN(CC1CCCC1)c1ccc(C=O)cc1F. The molecule has 1 saturated carbocycles. The minimum absolute atomic E-state index is 0.310. The van der Waals surface area contributed by atoms with E-state index < -0.39 is 0 Å². The standard InChI is InChI=1S/C14H18FNO/c1-16(9-11-4-2-3-5-11)14-7-6-12(10-17)8-13(14)15/h6-8,10-11H,2-5,9H2,1H3. The maximum Gasteiger partial charge on any atom is 0.150 e. The first kappa shape index (κ1) is 12.1. The summed E-state index contributed by atoms with van der Waals surface area (Å²) in [6, 6.07) is 4.65. The van der Waals surface area contributed by atoms with Gasteiger partial charge in [0, 0.05) is 19.2 Å². The molecule has 2 nitrogen and oxygen atoms in total. The lowest BCUT2D eigenvalue weighted by Gasteiger charge is -2.23. The van der Waals surface area contributed by atoms with Gasteiger partial charge in [-0.2, -0.15) is 0 Å². The molecule has 17 heavy (non-hydrogen) atoms. The summed E-state index contributed by atoms with van der Waals surface area (Å²) in [6.07, 6.45) is 5.76. The van der Waals surface area contributed by atoms with Crippen molar-refractivity contribution in [3.8, 4) is 0 Å². The Kier molecular flexibility index (Phi) is 3.77. The quantitative estimate of drug-likeness (QED) is 0.746. The zero-order valence-electron chi connectivity index (χ0n) is 10.2. The van der Waals surface area contributed by atoms with E-state index in [-0.39, 0.29) is 5.82 Å². The second-order valence-electron chi connectivity index (χ2n) is 4.86. The van der Waals surface area contributed by atoms with Crippen LogP contribution in [0, 0.1) is 11.7 Å². The molecule has 0 spiro atoms. The van der Waals surface area contributed by atoms with Crippen molar-refractivity contribution in [3.63, 3.8) is 0 Å². The van der Waals surface area contributed by atoms with Crippen molar-refractivity contribution < 1.29 is 9.18 Å². The molecule has 1 fully saturated rings. The van der Waals surface area contributed by atoms with E-state index in [0.29, 0.717) is 23.5 Å². The van der Waals surface area contributed by atoms with Crippen molar-refractivity contribution in [3.05, 3.63) is 29.6 Å². The van der Waals surface area contributed by atoms with Gasteiger partial charge in [-0.1, -0.05) is 12.8 Å². The normalized spacial score (nSPS) is 16.1. The van der Waals surface area contributed by atoms with Gasteiger partial charge in [0.1, 0.15) is 12.1 Å². The molecule has 0 radical (unpaired) electrons. The fourth-order valence-electron chi connectivity index (χ4n) is 2.58. The highest BCUT2D eigenvalue weighted by Crippen LogP contribution is 2.27. The number of halogens is 1. The number of aldehydes is 1. The van der Waals surface area contributed by atoms with Crippen LogP contribution in [0.4, 0.5) is 10.1 Å². The van der Waals surface area contributed by atoms with Gasteiger partial charge in [-0.3, -0.25) is 4.79 Å². The molecule has 0 heterocycles. The summed E-state index contributed by atoms with van der Waals surface area (Å²) in [4.78, 5) is 12.5. The highest BCUT2D eigenvalue weighted by Gasteiger charge is 2.18. The van der Waals surface area contributed by atoms with E-state index in [0.717, 1.165) is 6.54 Å². The molecule has 1 aliphatic rings. The third kappa shape index (κ3) is 2.84. The van der Waals surface area contributed by atoms with Gasteiger partial charge in [0.15, 0.2) is 0 Å². The monoisotopic (exact) mass is 235 g/mol. The minimum Gasteiger partial charge on any atom is -0.372 e. The first-order valence-corrected chi connectivity index (χ1v) is 6.16. The Morgan fingerprint density at radius 1 is 1.41 bits per heavy atom. The molecule has 0 bridgehead atoms. The maximum absolute atomic E-state index is 13.8. The Balaban J connectivity index is 2.07. The Morgan fingerprint density at radius 2 is 2.12 bits per heavy atom. The lowest BCUT2D eigenvalue weighted by atomic mass is 10.1. The molecule has 3 heteroatoms. The van der Waals surface area contributed by atoms with Crippen LogP contribution in [0.2, 0.25) is 0 Å². The molecule has 0 saturated heterocycles. The van der Waals surface area contributed by atoms with Crippen LogP contribution < -0.4 is 4.90 Å². The van der Waals surface area contributed by atoms with Crippen LogP contribution in [0.25, 0.3) is 0 Å². The van der Waals surface area contributed by atoms with Crippen LogP contribution >= 0.6 is 0 Å². The summed E-state index contributed by atoms with van der Waals surface area (Å²) >= 11 is 0. The molecule has 1 aromatic rings. The highest BCUT2D eigenvalue weighted by molar-refractivity contribution is 5.75. The van der Waals surface area contributed by atoms with Crippen LogP contribution in [-0.4, -0.2) is 19.9 Å². The van der Waals surface area contributed by atoms with Gasteiger partial charge in [0.2, 0.25) is 0 Å². The van der Waals surface area contributed by atoms with Crippen LogP contribution in [0.5, 0.6) is 0 Å². The average Bonchev–Trinajstić information content (AvgIpc) is 2.81. The lowest BCUT2D eigenvalue weighted by molar-refractivity contribution is 0.112. The van der Waals surface area contributed by atoms with Gasteiger partial charge in [0.25, 0.3) is 0 Å². The van der Waals surface area contributed by atoms with Crippen molar-refractivity contribution in [1.29, 1.82) is 0 Å². The van der Waals surface area contributed by atoms with Gasteiger partial charge >= 0.3 is 0 Å². The topological polar surface area (TPSA) is 20.3 Å². The van der Waals surface area contributed by atoms with Gasteiger partial charge in [-0.15, -0.1) is 0 Å². The van der Waals surface area contributed by atoms with E-state index in [1.54, 1.807) is 12.1 Å². The summed E-state index contributed by atoms with van der Waals surface area (Å²) in [7, 11) is 1.91. The maximum atomic E-state index is 13.8. The second-order valence-corrected chi connectivity index (χ2v) is 4.86. The van der Waals surface area contributed by atoms with Crippen LogP contribution in [0.3, 0.4) is 0 Å². The summed E-state index contributed by atoms with van der Waals surface area (Å²) in [5.41, 5.74) is 0.975. The number of carbonyl (C=O) groups is 1. The van der Waals surface area contributed by atoms with Gasteiger partial charge in [0.05, 0.1) is 5.69 Å². The van der Waals surface area contributed by atoms with E-state index in [2.05, 4.69) is 0 Å². The predicted molar refractivity (Wildman–Crippen MR) is 67.0 cm³/mol. The van der Waals surface area contributed by atoms with E-state index in [1.165, 1.54) is 31.7 Å². The minimum atomic E-state index is -0.310. The summed E-state index contributed by atoms with van der Waals surface area (Å²) < 4.78 is 13.8. The highest BCUT2D eigenvalue weighted by atomic mass is 19.1.